The van der Waals surface area contributed by atoms with Gasteiger partial charge in [0.2, 0.25) is 0 Å². The highest BCUT2D eigenvalue weighted by Crippen LogP contribution is 2.12. The SMILES string of the molecule is COc1ccc(-n2[nH]c(C#N)cc2=O)cc1. The number of nitriles is 1. The molecule has 1 aromatic carbocycles. The van der Waals surface area contributed by atoms with Crippen LogP contribution in [0.2, 0.25) is 0 Å². The van der Waals surface area contributed by atoms with Gasteiger partial charge in [0, 0.05) is 6.07 Å². The Morgan fingerprint density at radius 1 is 1.38 bits per heavy atom. The van der Waals surface area contributed by atoms with E-state index in [1.165, 1.54) is 10.7 Å². The molecule has 0 saturated heterocycles. The number of methoxy groups -OCH3 is 1. The lowest BCUT2D eigenvalue weighted by Gasteiger charge is -2.03. The minimum atomic E-state index is -0.262. The monoisotopic (exact) mass is 215 g/mol. The third-order valence-electron chi connectivity index (χ3n) is 2.17. The highest BCUT2D eigenvalue weighted by atomic mass is 16.5. The lowest BCUT2D eigenvalue weighted by molar-refractivity contribution is 0.414. The van der Waals surface area contributed by atoms with Crippen LogP contribution in [-0.4, -0.2) is 16.9 Å². The number of nitrogens with one attached hydrogen (secondary N) is 1. The summed E-state index contributed by atoms with van der Waals surface area (Å²) in [7, 11) is 1.57. The van der Waals surface area contributed by atoms with Gasteiger partial charge in [0.1, 0.15) is 17.5 Å². The molecule has 16 heavy (non-hydrogen) atoms. The number of hydrogen-bond acceptors (Lipinski definition) is 3. The Morgan fingerprint density at radius 2 is 2.06 bits per heavy atom. The summed E-state index contributed by atoms with van der Waals surface area (Å²) in [6.45, 7) is 0. The molecule has 2 aromatic rings. The van der Waals surface area contributed by atoms with Crippen molar-refractivity contribution in [1.82, 2.24) is 9.78 Å². The molecule has 0 aliphatic heterocycles. The van der Waals surface area contributed by atoms with Gasteiger partial charge in [-0.2, -0.15) is 5.26 Å². The van der Waals surface area contributed by atoms with Gasteiger partial charge in [0.05, 0.1) is 12.8 Å². The molecule has 0 fully saturated rings. The van der Waals surface area contributed by atoms with Gasteiger partial charge in [0.15, 0.2) is 0 Å². The van der Waals surface area contributed by atoms with Crippen LogP contribution in [0.4, 0.5) is 0 Å². The van der Waals surface area contributed by atoms with Gasteiger partial charge >= 0.3 is 0 Å². The molecule has 1 heterocycles. The maximum absolute atomic E-state index is 11.5. The van der Waals surface area contributed by atoms with Crippen LogP contribution in [0, 0.1) is 11.3 Å². The van der Waals surface area contributed by atoms with E-state index in [2.05, 4.69) is 5.10 Å². The molecule has 0 unspecified atom stereocenters. The molecule has 0 spiro atoms. The lowest BCUT2D eigenvalue weighted by Crippen LogP contribution is -2.13. The first kappa shape index (κ1) is 10.1. The van der Waals surface area contributed by atoms with Crippen molar-refractivity contribution in [3.8, 4) is 17.5 Å². The summed E-state index contributed by atoms with van der Waals surface area (Å²) in [5, 5.41) is 11.3. The molecule has 1 N–H and O–H groups in total. The van der Waals surface area contributed by atoms with Crippen LogP contribution in [0.25, 0.3) is 5.69 Å². The summed E-state index contributed by atoms with van der Waals surface area (Å²) in [5.41, 5.74) is 0.634. The predicted molar refractivity (Wildman–Crippen MR) is 57.7 cm³/mol. The number of nitrogens with zero attached hydrogens (tertiary/aromatic N) is 2. The van der Waals surface area contributed by atoms with E-state index >= 15 is 0 Å². The zero-order valence-corrected chi connectivity index (χ0v) is 8.60. The quantitative estimate of drug-likeness (QED) is 0.813. The van der Waals surface area contributed by atoms with Gasteiger partial charge in [-0.3, -0.25) is 9.89 Å². The molecule has 0 bridgehead atoms. The van der Waals surface area contributed by atoms with Gasteiger partial charge < -0.3 is 4.74 Å². The van der Waals surface area contributed by atoms with E-state index < -0.39 is 0 Å². The molecule has 0 aliphatic carbocycles. The van der Waals surface area contributed by atoms with Crippen molar-refractivity contribution in [2.45, 2.75) is 0 Å². The molecule has 0 saturated carbocycles. The lowest BCUT2D eigenvalue weighted by atomic mass is 10.3. The molecule has 0 amide bonds. The van der Waals surface area contributed by atoms with Gasteiger partial charge in [-0.1, -0.05) is 0 Å². The van der Waals surface area contributed by atoms with Crippen LogP contribution in [-0.2, 0) is 0 Å². The third kappa shape index (κ3) is 1.68. The summed E-state index contributed by atoms with van der Waals surface area (Å²) in [6.07, 6.45) is 0. The molecule has 5 nitrogen and oxygen atoms in total. The average molecular weight is 215 g/mol. The van der Waals surface area contributed by atoms with Crippen LogP contribution in [0.5, 0.6) is 5.75 Å². The largest absolute Gasteiger partial charge is 0.497 e. The van der Waals surface area contributed by atoms with Crippen molar-refractivity contribution in [2.24, 2.45) is 0 Å². The highest BCUT2D eigenvalue weighted by Gasteiger charge is 2.04. The normalized spacial score (nSPS) is 9.75. The Labute approximate surface area is 91.5 Å². The molecule has 2 rings (SSSR count). The van der Waals surface area contributed by atoms with Gasteiger partial charge in [-0.25, -0.2) is 4.68 Å². The van der Waals surface area contributed by atoms with Crippen molar-refractivity contribution < 1.29 is 4.74 Å². The zero-order chi connectivity index (χ0) is 11.5. The average Bonchev–Trinajstić information content (AvgIpc) is 2.71. The van der Waals surface area contributed by atoms with E-state index in [0.29, 0.717) is 11.4 Å². The highest BCUT2D eigenvalue weighted by molar-refractivity contribution is 5.37. The van der Waals surface area contributed by atoms with E-state index in [-0.39, 0.29) is 11.3 Å². The number of ether oxygens (including phenoxy) is 1. The smallest absolute Gasteiger partial charge is 0.272 e. The molecule has 80 valence electrons. The van der Waals surface area contributed by atoms with Crippen LogP contribution in [0.1, 0.15) is 5.69 Å². The van der Waals surface area contributed by atoms with Crippen LogP contribution in [0.15, 0.2) is 35.1 Å². The van der Waals surface area contributed by atoms with E-state index in [9.17, 15) is 4.79 Å². The fraction of sp³-hybridized carbons (Fsp3) is 0.0909. The first-order valence-electron chi connectivity index (χ1n) is 4.61. The molecule has 0 aliphatic rings. The number of benzene rings is 1. The Morgan fingerprint density at radius 3 is 2.56 bits per heavy atom. The zero-order valence-electron chi connectivity index (χ0n) is 8.60. The summed E-state index contributed by atoms with van der Waals surface area (Å²) in [6, 6.07) is 10.1. The first-order chi connectivity index (χ1) is 7.74. The number of aromatic nitrogens is 2. The third-order valence-corrected chi connectivity index (χ3v) is 2.17. The van der Waals surface area contributed by atoms with E-state index in [1.54, 1.807) is 31.4 Å². The van der Waals surface area contributed by atoms with Gasteiger partial charge in [0.25, 0.3) is 5.56 Å². The van der Waals surface area contributed by atoms with Crippen molar-refractivity contribution in [3.63, 3.8) is 0 Å². The van der Waals surface area contributed by atoms with E-state index in [0.717, 1.165) is 0 Å². The maximum Gasteiger partial charge on any atom is 0.272 e. The molecule has 0 radical (unpaired) electrons. The summed E-state index contributed by atoms with van der Waals surface area (Å²) >= 11 is 0. The number of hydrogen-bond donors (Lipinski definition) is 1. The van der Waals surface area contributed by atoms with Crippen LogP contribution in [0.3, 0.4) is 0 Å². The van der Waals surface area contributed by atoms with Crippen LogP contribution < -0.4 is 10.3 Å². The second kappa shape index (κ2) is 3.95. The standard InChI is InChI=1S/C11H9N3O2/c1-16-10-4-2-9(3-5-10)14-11(15)6-8(7-12)13-14/h2-6,13H,1H3. The topological polar surface area (TPSA) is 70.8 Å². The number of H-pyrrole nitrogens is 1. The Hall–Kier alpha value is -2.48. The van der Waals surface area contributed by atoms with Gasteiger partial charge in [-0.15, -0.1) is 0 Å². The summed E-state index contributed by atoms with van der Waals surface area (Å²) in [4.78, 5) is 11.5. The minimum Gasteiger partial charge on any atom is -0.497 e. The van der Waals surface area contributed by atoms with Gasteiger partial charge in [-0.05, 0) is 24.3 Å². The fourth-order valence-electron chi connectivity index (χ4n) is 1.38. The predicted octanol–water partition coefficient (Wildman–Crippen LogP) is 1.05. The Bertz CT molecular complexity index is 587. The fourth-order valence-corrected chi connectivity index (χ4v) is 1.38. The molecule has 1 aromatic heterocycles. The van der Waals surface area contributed by atoms with Crippen molar-refractivity contribution in [3.05, 3.63) is 46.4 Å². The van der Waals surface area contributed by atoms with Crippen molar-refractivity contribution in [1.29, 1.82) is 5.26 Å². The molecular weight excluding hydrogens is 206 g/mol. The Kier molecular flexibility index (Phi) is 2.48. The second-order valence-corrected chi connectivity index (χ2v) is 3.15. The molecular formula is C11H9N3O2. The number of rotatable bonds is 2. The molecule has 5 heteroatoms. The van der Waals surface area contributed by atoms with Crippen molar-refractivity contribution in [2.75, 3.05) is 7.11 Å². The molecule has 0 atom stereocenters. The Balaban J connectivity index is 2.47. The first-order valence-corrected chi connectivity index (χ1v) is 4.61. The van der Waals surface area contributed by atoms with Crippen molar-refractivity contribution >= 4 is 0 Å². The second-order valence-electron chi connectivity index (χ2n) is 3.15. The van der Waals surface area contributed by atoms with E-state index in [1.807, 2.05) is 6.07 Å². The number of aromatic amines is 1. The maximum atomic E-state index is 11.5. The summed E-state index contributed by atoms with van der Waals surface area (Å²) < 4.78 is 6.32. The van der Waals surface area contributed by atoms with Crippen LogP contribution >= 0.6 is 0 Å². The summed E-state index contributed by atoms with van der Waals surface area (Å²) in [5.74, 6) is 0.712. The minimum absolute atomic E-state index is 0.237. The van der Waals surface area contributed by atoms with E-state index in [4.69, 9.17) is 10.00 Å².